The van der Waals surface area contributed by atoms with Gasteiger partial charge in [-0.2, -0.15) is 0 Å². The van der Waals surface area contributed by atoms with Crippen molar-refractivity contribution in [2.45, 2.75) is 41.5 Å². The highest BCUT2D eigenvalue weighted by molar-refractivity contribution is 5.83. The molecular weight excluding hydrogens is 438 g/mol. The minimum absolute atomic E-state index is 0.180. The largest absolute Gasteiger partial charge is 0.508 e. The van der Waals surface area contributed by atoms with Crippen LogP contribution in [0.1, 0.15) is 33.4 Å². The average molecular weight is 470 g/mol. The van der Waals surface area contributed by atoms with E-state index in [1.165, 1.54) is 0 Å². The molecule has 3 N–H and O–H groups in total. The van der Waals surface area contributed by atoms with E-state index in [9.17, 15) is 15.3 Å². The minimum atomic E-state index is 0.180. The Morgan fingerprint density at radius 3 is 1.74 bits per heavy atom. The lowest BCUT2D eigenvalue weighted by atomic mass is 10.0. The molecule has 0 bridgehead atoms. The summed E-state index contributed by atoms with van der Waals surface area (Å²) in [6, 6.07) is 18.8. The molecular formula is C30H31NO4. The van der Waals surface area contributed by atoms with E-state index in [0.717, 1.165) is 50.4 Å². The molecule has 0 amide bonds. The maximum Gasteiger partial charge on any atom is 0.134 e. The predicted octanol–water partition coefficient (Wildman–Crippen LogP) is 7.92. The van der Waals surface area contributed by atoms with Gasteiger partial charge in [-0.3, -0.25) is 0 Å². The smallest absolute Gasteiger partial charge is 0.134 e. The molecule has 4 aromatic carbocycles. The third-order valence-electron chi connectivity index (χ3n) is 6.49. The van der Waals surface area contributed by atoms with Crippen molar-refractivity contribution < 1.29 is 20.1 Å². The Hall–Kier alpha value is -4.12. The lowest BCUT2D eigenvalue weighted by Gasteiger charge is -2.30. The number of phenolic OH excluding ortho intramolecular Hbond substituents is 3. The van der Waals surface area contributed by atoms with Gasteiger partial charge in [-0.05, 0) is 94.1 Å². The molecule has 5 nitrogen and oxygen atoms in total. The van der Waals surface area contributed by atoms with Crippen LogP contribution in [0.3, 0.4) is 0 Å². The Bertz CT molecular complexity index is 1370. The Labute approximate surface area is 206 Å². The Morgan fingerprint density at radius 1 is 0.600 bits per heavy atom. The van der Waals surface area contributed by atoms with Gasteiger partial charge in [0.15, 0.2) is 0 Å². The molecule has 0 atom stereocenters. The highest BCUT2D eigenvalue weighted by atomic mass is 16.5. The van der Waals surface area contributed by atoms with Crippen molar-refractivity contribution in [2.75, 3.05) is 4.90 Å². The lowest BCUT2D eigenvalue weighted by molar-refractivity contribution is 0.450. The van der Waals surface area contributed by atoms with Crippen molar-refractivity contribution >= 4 is 17.1 Å². The maximum atomic E-state index is 10.7. The first kappa shape index (κ1) is 24.0. The van der Waals surface area contributed by atoms with Crippen LogP contribution >= 0.6 is 0 Å². The van der Waals surface area contributed by atoms with Gasteiger partial charge in [-0.25, -0.2) is 0 Å². The molecule has 0 saturated heterocycles. The zero-order valence-corrected chi connectivity index (χ0v) is 21.0. The van der Waals surface area contributed by atoms with Gasteiger partial charge >= 0.3 is 0 Å². The number of hydrogen-bond acceptors (Lipinski definition) is 5. The highest BCUT2D eigenvalue weighted by Gasteiger charge is 2.21. The summed E-state index contributed by atoms with van der Waals surface area (Å²) >= 11 is 0. The molecule has 0 heterocycles. The minimum Gasteiger partial charge on any atom is -0.508 e. The molecule has 0 radical (unpaired) electrons. The monoisotopic (exact) mass is 469 g/mol. The SMILES string of the molecule is Cc1cc(C)c(Oc2cccc(N(c3ccc(C)c(O)c3C)c3ccc(C)c(O)c3C)c2)cc1O. The van der Waals surface area contributed by atoms with E-state index in [4.69, 9.17) is 4.74 Å². The molecule has 0 saturated carbocycles. The zero-order chi connectivity index (χ0) is 25.4. The van der Waals surface area contributed by atoms with Gasteiger partial charge < -0.3 is 25.0 Å². The second-order valence-electron chi connectivity index (χ2n) is 9.09. The van der Waals surface area contributed by atoms with Crippen molar-refractivity contribution in [3.63, 3.8) is 0 Å². The summed E-state index contributed by atoms with van der Waals surface area (Å²) in [7, 11) is 0. The molecule has 180 valence electrons. The molecule has 4 rings (SSSR count). The van der Waals surface area contributed by atoms with Crippen LogP contribution in [0.4, 0.5) is 17.1 Å². The number of aryl methyl sites for hydroxylation is 4. The number of anilines is 3. The summed E-state index contributed by atoms with van der Waals surface area (Å²) in [5, 5.41) is 31.6. The first-order valence-corrected chi connectivity index (χ1v) is 11.5. The number of nitrogens with zero attached hydrogens (tertiary/aromatic N) is 1. The van der Waals surface area contributed by atoms with Crippen LogP contribution < -0.4 is 9.64 Å². The lowest BCUT2D eigenvalue weighted by Crippen LogP contribution is -2.13. The van der Waals surface area contributed by atoms with Crippen LogP contribution in [0.5, 0.6) is 28.7 Å². The number of ether oxygens (including phenoxy) is 1. The number of phenols is 3. The van der Waals surface area contributed by atoms with E-state index >= 15 is 0 Å². The summed E-state index contributed by atoms with van der Waals surface area (Å²) in [5.74, 6) is 1.83. The van der Waals surface area contributed by atoms with Crippen LogP contribution in [0, 0.1) is 41.5 Å². The molecule has 0 fully saturated rings. The molecule has 0 aliphatic rings. The number of aromatic hydroxyl groups is 3. The second-order valence-corrected chi connectivity index (χ2v) is 9.09. The third kappa shape index (κ3) is 4.50. The summed E-state index contributed by atoms with van der Waals surface area (Å²) in [6.45, 7) is 11.3. The Kier molecular flexibility index (Phi) is 6.35. The Balaban J connectivity index is 1.88. The molecule has 0 aliphatic heterocycles. The zero-order valence-electron chi connectivity index (χ0n) is 21.0. The van der Waals surface area contributed by atoms with Crippen molar-refractivity contribution in [1.29, 1.82) is 0 Å². The molecule has 4 aromatic rings. The maximum absolute atomic E-state index is 10.7. The summed E-state index contributed by atoms with van der Waals surface area (Å²) in [4.78, 5) is 2.01. The molecule has 0 spiro atoms. The van der Waals surface area contributed by atoms with Crippen LogP contribution in [-0.4, -0.2) is 15.3 Å². The van der Waals surface area contributed by atoms with Gasteiger partial charge in [0.05, 0.1) is 11.4 Å². The summed E-state index contributed by atoms with van der Waals surface area (Å²) in [6.07, 6.45) is 0. The highest BCUT2D eigenvalue weighted by Crippen LogP contribution is 2.44. The summed E-state index contributed by atoms with van der Waals surface area (Å²) < 4.78 is 6.17. The fourth-order valence-electron chi connectivity index (χ4n) is 4.29. The first-order chi connectivity index (χ1) is 16.6. The molecule has 0 unspecified atom stereocenters. The van der Waals surface area contributed by atoms with E-state index in [1.54, 1.807) is 6.07 Å². The third-order valence-corrected chi connectivity index (χ3v) is 6.49. The normalized spacial score (nSPS) is 10.9. The van der Waals surface area contributed by atoms with Crippen molar-refractivity contribution in [2.24, 2.45) is 0 Å². The van der Waals surface area contributed by atoms with E-state index in [0.29, 0.717) is 11.5 Å². The van der Waals surface area contributed by atoms with Gasteiger partial charge in [-0.15, -0.1) is 0 Å². The van der Waals surface area contributed by atoms with Gasteiger partial charge in [0.25, 0.3) is 0 Å². The molecule has 35 heavy (non-hydrogen) atoms. The van der Waals surface area contributed by atoms with Gasteiger partial charge in [0.1, 0.15) is 28.7 Å². The number of benzene rings is 4. The van der Waals surface area contributed by atoms with Crippen LogP contribution in [-0.2, 0) is 0 Å². The number of hydrogen-bond donors (Lipinski definition) is 3. The van der Waals surface area contributed by atoms with Crippen molar-refractivity contribution in [1.82, 2.24) is 0 Å². The van der Waals surface area contributed by atoms with Crippen molar-refractivity contribution in [3.05, 3.63) is 94.0 Å². The van der Waals surface area contributed by atoms with Gasteiger partial charge in [0.2, 0.25) is 0 Å². The second kappa shape index (κ2) is 9.26. The van der Waals surface area contributed by atoms with E-state index in [2.05, 4.69) is 0 Å². The topological polar surface area (TPSA) is 73.2 Å². The van der Waals surface area contributed by atoms with Crippen molar-refractivity contribution in [3.8, 4) is 28.7 Å². The fraction of sp³-hybridized carbons (Fsp3) is 0.200. The summed E-state index contributed by atoms with van der Waals surface area (Å²) in [5.41, 5.74) is 7.14. The number of rotatable bonds is 5. The first-order valence-electron chi connectivity index (χ1n) is 11.5. The standard InChI is InChI=1S/C30H31NO4/c1-17-10-12-25(21(5)29(17)33)31(26-13-11-18(2)30(34)22(26)6)23-8-7-9-24(15-23)35-28-16-27(32)19(3)14-20(28)4/h7-16,32-34H,1-6H3. The van der Waals surface area contributed by atoms with E-state index in [-0.39, 0.29) is 17.2 Å². The van der Waals surface area contributed by atoms with Gasteiger partial charge in [0, 0.05) is 28.9 Å². The van der Waals surface area contributed by atoms with Crippen LogP contribution in [0.25, 0.3) is 0 Å². The molecule has 0 aliphatic carbocycles. The predicted molar refractivity (Wildman–Crippen MR) is 141 cm³/mol. The Morgan fingerprint density at radius 2 is 1.17 bits per heavy atom. The molecule has 0 aromatic heterocycles. The van der Waals surface area contributed by atoms with E-state index in [1.807, 2.05) is 101 Å². The van der Waals surface area contributed by atoms with Crippen LogP contribution in [0.2, 0.25) is 0 Å². The van der Waals surface area contributed by atoms with Crippen LogP contribution in [0.15, 0.2) is 60.7 Å². The fourth-order valence-corrected chi connectivity index (χ4v) is 4.29. The molecule has 5 heteroatoms. The average Bonchev–Trinajstić information content (AvgIpc) is 2.82. The van der Waals surface area contributed by atoms with Gasteiger partial charge in [-0.1, -0.05) is 18.2 Å². The van der Waals surface area contributed by atoms with E-state index < -0.39 is 0 Å². The quantitative estimate of drug-likeness (QED) is 0.277.